The van der Waals surface area contributed by atoms with E-state index in [2.05, 4.69) is 17.4 Å². The van der Waals surface area contributed by atoms with Gasteiger partial charge in [-0.1, -0.05) is 66.2 Å². The molecule has 0 aromatic heterocycles. The first-order valence-corrected chi connectivity index (χ1v) is 7.67. The van der Waals surface area contributed by atoms with Gasteiger partial charge in [0.15, 0.2) is 5.75 Å². The molecule has 0 spiro atoms. The maximum atomic E-state index is 12.1. The van der Waals surface area contributed by atoms with Crippen molar-refractivity contribution in [3.05, 3.63) is 76.3 Å². The Bertz CT molecular complexity index is 670. The lowest BCUT2D eigenvalue weighted by Gasteiger charge is -2.11. The molecule has 0 saturated carbocycles. The highest BCUT2D eigenvalue weighted by Gasteiger charge is 2.13. The highest BCUT2D eigenvalue weighted by atomic mass is 35.5. The summed E-state index contributed by atoms with van der Waals surface area (Å²) in [6, 6.07) is 12.7. The second kappa shape index (κ2) is 10.2. The van der Waals surface area contributed by atoms with Crippen LogP contribution >= 0.6 is 35.6 Å². The van der Waals surface area contributed by atoms with E-state index in [1.54, 1.807) is 6.08 Å². The number of hydrazine groups is 1. The van der Waals surface area contributed by atoms with Crippen molar-refractivity contribution in [2.75, 3.05) is 6.61 Å². The van der Waals surface area contributed by atoms with Crippen LogP contribution in [0.25, 0.3) is 0 Å². The average molecular weight is 388 g/mol. The Kier molecular flexibility index (Phi) is 8.65. The smallest absolute Gasteiger partial charge is 0.265 e. The number of amides is 1. The highest BCUT2D eigenvalue weighted by Crippen LogP contribution is 2.34. The van der Waals surface area contributed by atoms with Gasteiger partial charge in [0.2, 0.25) is 0 Å². The zero-order valence-corrected chi connectivity index (χ0v) is 15.0. The van der Waals surface area contributed by atoms with Crippen molar-refractivity contribution in [1.29, 1.82) is 0 Å². The van der Waals surface area contributed by atoms with E-state index in [0.717, 1.165) is 5.56 Å². The molecule has 0 radical (unpaired) electrons. The Morgan fingerprint density at radius 2 is 1.79 bits per heavy atom. The quantitative estimate of drug-likeness (QED) is 0.546. The van der Waals surface area contributed by atoms with Crippen LogP contribution in [0.15, 0.2) is 55.1 Å². The number of ether oxygens (including phenoxy) is 1. The third-order valence-corrected chi connectivity index (χ3v) is 3.50. The van der Waals surface area contributed by atoms with Crippen LogP contribution in [0.2, 0.25) is 10.0 Å². The molecule has 2 aromatic carbocycles. The van der Waals surface area contributed by atoms with Crippen LogP contribution in [0.3, 0.4) is 0 Å². The van der Waals surface area contributed by atoms with Gasteiger partial charge in [0, 0.05) is 12.1 Å². The van der Waals surface area contributed by atoms with Gasteiger partial charge in [-0.2, -0.15) is 0 Å². The molecule has 128 valence electrons. The third kappa shape index (κ3) is 5.73. The molecule has 0 atom stereocenters. The summed E-state index contributed by atoms with van der Waals surface area (Å²) in [5, 5.41) is 0.542. The molecule has 0 aliphatic rings. The number of carbonyl (C=O) groups excluding carboxylic acids is 1. The van der Waals surface area contributed by atoms with Gasteiger partial charge in [0.05, 0.1) is 10.0 Å². The number of hydrogen-bond acceptors (Lipinski definition) is 3. The Balaban J connectivity index is 0.00000288. The second-order valence-electron chi connectivity index (χ2n) is 4.66. The molecule has 0 unspecified atom stereocenters. The van der Waals surface area contributed by atoms with Gasteiger partial charge in [-0.05, 0) is 17.7 Å². The van der Waals surface area contributed by atoms with Gasteiger partial charge in [-0.3, -0.25) is 10.2 Å². The van der Waals surface area contributed by atoms with Crippen molar-refractivity contribution in [3.63, 3.8) is 0 Å². The van der Waals surface area contributed by atoms with E-state index in [1.165, 1.54) is 12.1 Å². The fraction of sp³-hybridized carbons (Fsp3) is 0.118. The molecule has 0 aliphatic carbocycles. The highest BCUT2D eigenvalue weighted by molar-refractivity contribution is 6.37. The first kappa shape index (κ1) is 20.3. The van der Waals surface area contributed by atoms with Crippen LogP contribution < -0.4 is 15.6 Å². The summed E-state index contributed by atoms with van der Waals surface area (Å²) in [6.45, 7) is 4.35. The fourth-order valence-corrected chi connectivity index (χ4v) is 2.46. The van der Waals surface area contributed by atoms with Crippen molar-refractivity contribution in [3.8, 4) is 5.75 Å². The van der Waals surface area contributed by atoms with Crippen LogP contribution in [0.1, 0.15) is 15.9 Å². The molecule has 2 aromatic rings. The molecular formula is C17H17Cl3N2O2. The average Bonchev–Trinajstić information content (AvgIpc) is 2.55. The summed E-state index contributed by atoms with van der Waals surface area (Å²) in [6.07, 6.45) is 1.58. The number of hydrogen-bond donors (Lipinski definition) is 2. The van der Waals surface area contributed by atoms with Gasteiger partial charge in [-0.15, -0.1) is 12.4 Å². The second-order valence-corrected chi connectivity index (χ2v) is 5.48. The van der Waals surface area contributed by atoms with E-state index in [0.29, 0.717) is 17.9 Å². The molecule has 2 rings (SSSR count). The van der Waals surface area contributed by atoms with E-state index in [4.69, 9.17) is 27.9 Å². The zero-order valence-electron chi connectivity index (χ0n) is 12.7. The topological polar surface area (TPSA) is 50.4 Å². The Morgan fingerprint density at radius 1 is 1.17 bits per heavy atom. The van der Waals surface area contributed by atoms with Crippen molar-refractivity contribution in [2.45, 2.75) is 6.54 Å². The number of benzene rings is 2. The van der Waals surface area contributed by atoms with Gasteiger partial charge < -0.3 is 4.74 Å². The van der Waals surface area contributed by atoms with Crippen molar-refractivity contribution in [1.82, 2.24) is 10.9 Å². The minimum absolute atomic E-state index is 0. The van der Waals surface area contributed by atoms with E-state index < -0.39 is 0 Å². The Labute approximate surface area is 157 Å². The molecule has 0 heterocycles. The summed E-state index contributed by atoms with van der Waals surface area (Å²) in [5.41, 5.74) is 6.85. The normalized spacial score (nSPS) is 9.75. The maximum Gasteiger partial charge on any atom is 0.265 e. The molecule has 1 amide bonds. The molecule has 7 heteroatoms. The van der Waals surface area contributed by atoms with Gasteiger partial charge in [0.1, 0.15) is 6.61 Å². The van der Waals surface area contributed by atoms with Crippen LogP contribution in [0.5, 0.6) is 5.75 Å². The number of carbonyl (C=O) groups is 1. The minimum Gasteiger partial charge on any atom is -0.486 e. The summed E-state index contributed by atoms with van der Waals surface area (Å²) < 4.78 is 5.36. The molecule has 0 fully saturated rings. The first-order chi connectivity index (χ1) is 11.1. The maximum absolute atomic E-state index is 12.1. The predicted molar refractivity (Wildman–Crippen MR) is 100 cm³/mol. The lowest BCUT2D eigenvalue weighted by atomic mass is 10.2. The molecule has 0 bridgehead atoms. The number of halogens is 3. The van der Waals surface area contributed by atoms with Gasteiger partial charge in [-0.25, -0.2) is 5.43 Å². The molecule has 4 nitrogen and oxygen atoms in total. The fourth-order valence-electron chi connectivity index (χ4n) is 1.87. The standard InChI is InChI=1S/C17H16Cl2N2O2.ClH/c1-2-8-23-16-14(18)9-13(10-15(16)19)17(22)21-20-11-12-6-4-3-5-7-12;/h2-7,9-10,20H,1,8,11H2,(H,21,22);1H. The number of nitrogens with one attached hydrogen (secondary N) is 2. The molecule has 0 aliphatic heterocycles. The van der Waals surface area contributed by atoms with Crippen molar-refractivity contribution < 1.29 is 9.53 Å². The molecular weight excluding hydrogens is 371 g/mol. The van der Waals surface area contributed by atoms with E-state index in [-0.39, 0.29) is 35.0 Å². The van der Waals surface area contributed by atoms with E-state index in [9.17, 15) is 4.79 Å². The first-order valence-electron chi connectivity index (χ1n) is 6.91. The summed E-state index contributed by atoms with van der Waals surface area (Å²) >= 11 is 12.2. The number of rotatable bonds is 7. The minimum atomic E-state index is -0.333. The molecule has 2 N–H and O–H groups in total. The largest absolute Gasteiger partial charge is 0.486 e. The Morgan fingerprint density at radius 3 is 2.38 bits per heavy atom. The summed E-state index contributed by atoms with van der Waals surface area (Å²) in [5.74, 6) is 0.00188. The lowest BCUT2D eigenvalue weighted by Crippen LogP contribution is -2.36. The zero-order chi connectivity index (χ0) is 16.7. The summed E-state index contributed by atoms with van der Waals surface area (Å²) in [4.78, 5) is 12.1. The van der Waals surface area contributed by atoms with Crippen molar-refractivity contribution in [2.24, 2.45) is 0 Å². The SMILES string of the molecule is C=CCOc1c(Cl)cc(C(=O)NNCc2ccccc2)cc1Cl.Cl. The Hall–Kier alpha value is -1.72. The van der Waals surface area contributed by atoms with Gasteiger partial charge >= 0.3 is 0 Å². The summed E-state index contributed by atoms with van der Waals surface area (Å²) in [7, 11) is 0. The van der Waals surface area contributed by atoms with Gasteiger partial charge in [0.25, 0.3) is 5.91 Å². The lowest BCUT2D eigenvalue weighted by molar-refractivity contribution is 0.0932. The van der Waals surface area contributed by atoms with E-state index >= 15 is 0 Å². The predicted octanol–water partition coefficient (Wildman–Crippen LogP) is 4.41. The van der Waals surface area contributed by atoms with E-state index in [1.807, 2.05) is 30.3 Å². The van der Waals surface area contributed by atoms with Crippen molar-refractivity contribution >= 4 is 41.5 Å². The van der Waals surface area contributed by atoms with Crippen LogP contribution in [-0.4, -0.2) is 12.5 Å². The van der Waals surface area contributed by atoms with Crippen LogP contribution in [-0.2, 0) is 6.54 Å². The molecule has 24 heavy (non-hydrogen) atoms. The molecule has 0 saturated heterocycles. The van der Waals surface area contributed by atoms with Crippen LogP contribution in [0, 0.1) is 0 Å². The van der Waals surface area contributed by atoms with Crippen LogP contribution in [0.4, 0.5) is 0 Å². The monoisotopic (exact) mass is 386 g/mol. The third-order valence-electron chi connectivity index (χ3n) is 2.94.